The molecular formula is C18H17N3O3S2. The SMILES string of the molecule is COc1ccc2nc(C)nc(SCC(=O)c3ccc(CC(N)=O)s3)c2c1. The van der Waals surface area contributed by atoms with Gasteiger partial charge < -0.3 is 10.5 Å². The topological polar surface area (TPSA) is 95.2 Å². The minimum atomic E-state index is -0.405. The van der Waals surface area contributed by atoms with E-state index in [4.69, 9.17) is 10.5 Å². The van der Waals surface area contributed by atoms with Gasteiger partial charge in [0.05, 0.1) is 29.7 Å². The summed E-state index contributed by atoms with van der Waals surface area (Å²) in [5.74, 6) is 1.20. The minimum Gasteiger partial charge on any atom is -0.497 e. The van der Waals surface area contributed by atoms with Crippen molar-refractivity contribution in [2.45, 2.75) is 18.4 Å². The molecule has 0 bridgehead atoms. The molecule has 0 radical (unpaired) electrons. The van der Waals surface area contributed by atoms with Crippen molar-refractivity contribution in [3.63, 3.8) is 0 Å². The first-order chi connectivity index (χ1) is 12.5. The molecule has 0 unspecified atom stereocenters. The van der Waals surface area contributed by atoms with Crippen molar-refractivity contribution >= 4 is 45.7 Å². The number of aryl methyl sites for hydroxylation is 1. The van der Waals surface area contributed by atoms with E-state index in [2.05, 4.69) is 9.97 Å². The van der Waals surface area contributed by atoms with Crippen LogP contribution in [0.3, 0.4) is 0 Å². The van der Waals surface area contributed by atoms with Crippen LogP contribution >= 0.6 is 23.1 Å². The molecule has 0 fully saturated rings. The summed E-state index contributed by atoms with van der Waals surface area (Å²) in [6.45, 7) is 1.82. The molecule has 2 heterocycles. The molecule has 1 amide bonds. The molecular weight excluding hydrogens is 370 g/mol. The number of aromatic nitrogens is 2. The standard InChI is InChI=1S/C18H17N3O3S2/c1-10-20-14-5-3-11(24-2)7-13(14)18(21-10)25-9-15(22)16-6-4-12(26-16)8-17(19)23/h3-7H,8-9H2,1-2H3,(H2,19,23). The van der Waals surface area contributed by atoms with Crippen LogP contribution in [0.15, 0.2) is 35.4 Å². The molecule has 3 rings (SSSR count). The zero-order valence-electron chi connectivity index (χ0n) is 14.3. The van der Waals surface area contributed by atoms with E-state index in [1.807, 2.05) is 25.1 Å². The second-order valence-electron chi connectivity index (χ2n) is 5.58. The Morgan fingerprint density at radius 1 is 1.23 bits per heavy atom. The van der Waals surface area contributed by atoms with E-state index < -0.39 is 5.91 Å². The Balaban J connectivity index is 1.79. The zero-order chi connectivity index (χ0) is 18.7. The Morgan fingerprint density at radius 3 is 2.77 bits per heavy atom. The molecule has 0 aliphatic heterocycles. The number of nitrogens with two attached hydrogens (primary N) is 1. The molecule has 6 nitrogen and oxygen atoms in total. The van der Waals surface area contributed by atoms with Gasteiger partial charge in [-0.3, -0.25) is 9.59 Å². The van der Waals surface area contributed by atoms with E-state index in [0.29, 0.717) is 16.5 Å². The summed E-state index contributed by atoms with van der Waals surface area (Å²) in [6.07, 6.45) is 0.153. The fraction of sp³-hybridized carbons (Fsp3) is 0.222. The van der Waals surface area contributed by atoms with Gasteiger partial charge in [-0.1, -0.05) is 11.8 Å². The first-order valence-corrected chi connectivity index (χ1v) is 9.62. The number of ketones is 1. The summed E-state index contributed by atoms with van der Waals surface area (Å²) in [5.41, 5.74) is 6.00. The summed E-state index contributed by atoms with van der Waals surface area (Å²) >= 11 is 2.67. The Kier molecular flexibility index (Phi) is 5.53. The highest BCUT2D eigenvalue weighted by Gasteiger charge is 2.14. The third kappa shape index (κ3) is 4.20. The van der Waals surface area contributed by atoms with Gasteiger partial charge in [0.2, 0.25) is 5.91 Å². The van der Waals surface area contributed by atoms with E-state index in [9.17, 15) is 9.59 Å². The number of hydrogen-bond donors (Lipinski definition) is 1. The van der Waals surface area contributed by atoms with Crippen molar-refractivity contribution in [2.24, 2.45) is 5.73 Å². The Labute approximate surface area is 158 Å². The van der Waals surface area contributed by atoms with E-state index in [0.717, 1.165) is 20.8 Å². The maximum absolute atomic E-state index is 12.5. The second-order valence-corrected chi connectivity index (χ2v) is 7.71. The van der Waals surface area contributed by atoms with Crippen LogP contribution in [0.2, 0.25) is 0 Å². The van der Waals surface area contributed by atoms with Crippen LogP contribution in [0.1, 0.15) is 20.4 Å². The number of thioether (sulfide) groups is 1. The number of nitrogens with zero attached hydrogens (tertiary/aromatic N) is 2. The number of fused-ring (bicyclic) bond motifs is 1. The lowest BCUT2D eigenvalue weighted by Gasteiger charge is -2.08. The molecule has 0 aliphatic rings. The van der Waals surface area contributed by atoms with Crippen molar-refractivity contribution in [3.8, 4) is 5.75 Å². The van der Waals surface area contributed by atoms with Crippen molar-refractivity contribution < 1.29 is 14.3 Å². The summed E-state index contributed by atoms with van der Waals surface area (Å²) in [4.78, 5) is 33.7. The van der Waals surface area contributed by atoms with E-state index >= 15 is 0 Å². The highest BCUT2D eigenvalue weighted by molar-refractivity contribution is 8.00. The van der Waals surface area contributed by atoms with Gasteiger partial charge in [0, 0.05) is 10.3 Å². The number of rotatable bonds is 7. The van der Waals surface area contributed by atoms with Gasteiger partial charge >= 0.3 is 0 Å². The number of carbonyl (C=O) groups is 2. The number of methoxy groups -OCH3 is 1. The van der Waals surface area contributed by atoms with Gasteiger partial charge in [-0.15, -0.1) is 11.3 Å². The largest absolute Gasteiger partial charge is 0.497 e. The molecule has 0 saturated carbocycles. The number of benzene rings is 1. The fourth-order valence-corrected chi connectivity index (χ4v) is 4.41. The molecule has 2 aromatic heterocycles. The number of primary amides is 1. The van der Waals surface area contributed by atoms with Gasteiger partial charge in [0.25, 0.3) is 0 Å². The van der Waals surface area contributed by atoms with Gasteiger partial charge in [-0.25, -0.2) is 9.97 Å². The first kappa shape index (κ1) is 18.3. The quantitative estimate of drug-likeness (QED) is 0.380. The summed E-state index contributed by atoms with van der Waals surface area (Å²) in [7, 11) is 1.60. The monoisotopic (exact) mass is 387 g/mol. The highest BCUT2D eigenvalue weighted by atomic mass is 32.2. The van der Waals surface area contributed by atoms with Crippen LogP contribution in [0.25, 0.3) is 10.9 Å². The number of amides is 1. The van der Waals surface area contributed by atoms with Gasteiger partial charge in [-0.05, 0) is 37.3 Å². The first-order valence-electron chi connectivity index (χ1n) is 7.81. The molecule has 1 aromatic carbocycles. The summed E-state index contributed by atoms with van der Waals surface area (Å²) in [6, 6.07) is 9.10. The van der Waals surface area contributed by atoms with Crippen molar-refractivity contribution in [2.75, 3.05) is 12.9 Å². The molecule has 0 saturated heterocycles. The molecule has 8 heteroatoms. The molecule has 134 valence electrons. The average molecular weight is 387 g/mol. The molecule has 0 atom stereocenters. The van der Waals surface area contributed by atoms with Crippen molar-refractivity contribution in [3.05, 3.63) is 45.9 Å². The number of thiophene rings is 1. The Morgan fingerprint density at radius 2 is 2.04 bits per heavy atom. The predicted octanol–water partition coefficient (Wildman–Crippen LogP) is 3.01. The summed E-state index contributed by atoms with van der Waals surface area (Å²) in [5, 5.41) is 1.60. The fourth-order valence-electron chi connectivity index (χ4n) is 2.43. The smallest absolute Gasteiger partial charge is 0.222 e. The lowest BCUT2D eigenvalue weighted by atomic mass is 10.2. The van der Waals surface area contributed by atoms with E-state index in [-0.39, 0.29) is 18.0 Å². The summed E-state index contributed by atoms with van der Waals surface area (Å²) < 4.78 is 5.27. The average Bonchev–Trinajstić information content (AvgIpc) is 3.06. The molecule has 0 aliphatic carbocycles. The van der Waals surface area contributed by atoms with E-state index in [1.165, 1.54) is 23.1 Å². The Hall–Kier alpha value is -2.45. The van der Waals surface area contributed by atoms with Crippen LogP contribution in [0.5, 0.6) is 5.75 Å². The van der Waals surface area contributed by atoms with Crippen molar-refractivity contribution in [1.82, 2.24) is 9.97 Å². The number of hydrogen-bond acceptors (Lipinski definition) is 7. The van der Waals surface area contributed by atoms with Crippen LogP contribution in [-0.4, -0.2) is 34.5 Å². The number of Topliss-reactive ketones (excluding diaryl/α,β-unsaturated/α-hetero) is 1. The van der Waals surface area contributed by atoms with Crippen LogP contribution in [-0.2, 0) is 11.2 Å². The zero-order valence-corrected chi connectivity index (χ0v) is 15.9. The maximum Gasteiger partial charge on any atom is 0.222 e. The molecule has 3 aromatic rings. The normalized spacial score (nSPS) is 10.8. The molecule has 0 spiro atoms. The lowest BCUT2D eigenvalue weighted by molar-refractivity contribution is -0.117. The predicted molar refractivity (Wildman–Crippen MR) is 103 cm³/mol. The van der Waals surface area contributed by atoms with Crippen LogP contribution in [0, 0.1) is 6.92 Å². The van der Waals surface area contributed by atoms with Gasteiger partial charge in [-0.2, -0.15) is 0 Å². The highest BCUT2D eigenvalue weighted by Crippen LogP contribution is 2.29. The van der Waals surface area contributed by atoms with Crippen molar-refractivity contribution in [1.29, 1.82) is 0 Å². The second kappa shape index (κ2) is 7.84. The van der Waals surface area contributed by atoms with Crippen LogP contribution < -0.4 is 10.5 Å². The van der Waals surface area contributed by atoms with Crippen LogP contribution in [0.4, 0.5) is 0 Å². The third-order valence-electron chi connectivity index (χ3n) is 3.60. The minimum absolute atomic E-state index is 0.0111. The van der Waals surface area contributed by atoms with E-state index in [1.54, 1.807) is 19.2 Å². The van der Waals surface area contributed by atoms with Gasteiger partial charge in [0.15, 0.2) is 5.78 Å². The number of ether oxygens (including phenoxy) is 1. The molecule has 2 N–H and O–H groups in total. The maximum atomic E-state index is 12.5. The Bertz CT molecular complexity index is 985. The lowest BCUT2D eigenvalue weighted by Crippen LogP contribution is -2.12. The number of carbonyl (C=O) groups excluding carboxylic acids is 2. The van der Waals surface area contributed by atoms with Gasteiger partial charge in [0.1, 0.15) is 16.6 Å². The third-order valence-corrected chi connectivity index (χ3v) is 5.72. The molecule has 26 heavy (non-hydrogen) atoms.